The van der Waals surface area contributed by atoms with Crippen LogP contribution in [0, 0.1) is 5.92 Å². The minimum absolute atomic E-state index is 0.178. The Bertz CT molecular complexity index is 247. The van der Waals surface area contributed by atoms with Crippen LogP contribution in [0.5, 0.6) is 0 Å². The van der Waals surface area contributed by atoms with Gasteiger partial charge in [-0.2, -0.15) is 0 Å². The Hall–Kier alpha value is -0.610. The number of carbonyl (C=O) groups is 1. The van der Waals surface area contributed by atoms with Crippen molar-refractivity contribution in [1.82, 2.24) is 10.2 Å². The molecule has 1 amide bonds. The smallest absolute Gasteiger partial charge is 0.234 e. The number of nitrogens with zero attached hydrogens (tertiary/aromatic N) is 1. The fourth-order valence-corrected chi connectivity index (χ4v) is 2.65. The molecule has 0 unspecified atom stereocenters. The summed E-state index contributed by atoms with van der Waals surface area (Å²) in [5, 5.41) is 3.04. The van der Waals surface area contributed by atoms with Gasteiger partial charge in [-0.05, 0) is 31.6 Å². The zero-order valence-corrected chi connectivity index (χ0v) is 10.7. The zero-order valence-electron chi connectivity index (χ0n) is 10.7. The maximum absolute atomic E-state index is 11.8. The molecule has 0 aromatic rings. The third-order valence-electron chi connectivity index (χ3n) is 3.89. The van der Waals surface area contributed by atoms with Crippen molar-refractivity contribution in [3.63, 3.8) is 0 Å². The summed E-state index contributed by atoms with van der Waals surface area (Å²) in [6, 6.07) is 0.588. The van der Waals surface area contributed by atoms with Crippen LogP contribution >= 0.6 is 0 Å². The minimum Gasteiger partial charge on any atom is -0.355 e. The molecular formula is C13H25N3O. The highest BCUT2D eigenvalue weighted by Gasteiger charge is 2.25. The normalized spacial score (nSPS) is 21.1. The third kappa shape index (κ3) is 4.28. The molecule has 0 atom stereocenters. The maximum atomic E-state index is 11.8. The average Bonchev–Trinajstić information content (AvgIpc) is 2.99. The summed E-state index contributed by atoms with van der Waals surface area (Å²) in [6.07, 6.45) is 7.64. The van der Waals surface area contributed by atoms with Crippen LogP contribution < -0.4 is 11.1 Å². The van der Waals surface area contributed by atoms with Crippen molar-refractivity contribution >= 4 is 5.91 Å². The first-order chi connectivity index (χ1) is 8.29. The largest absolute Gasteiger partial charge is 0.355 e. The first-order valence-electron chi connectivity index (χ1n) is 7.00. The van der Waals surface area contributed by atoms with Crippen molar-refractivity contribution in [2.45, 2.75) is 44.6 Å². The number of hydrogen-bond donors (Lipinski definition) is 2. The summed E-state index contributed by atoms with van der Waals surface area (Å²) < 4.78 is 0. The number of nitrogens with two attached hydrogens (primary N) is 1. The van der Waals surface area contributed by atoms with E-state index in [0.717, 1.165) is 19.0 Å². The molecule has 2 saturated carbocycles. The molecular weight excluding hydrogens is 214 g/mol. The van der Waals surface area contributed by atoms with Crippen molar-refractivity contribution in [1.29, 1.82) is 0 Å². The van der Waals surface area contributed by atoms with Crippen LogP contribution in [0.4, 0.5) is 0 Å². The first-order valence-corrected chi connectivity index (χ1v) is 7.00. The molecule has 0 aromatic heterocycles. The fraction of sp³-hybridized carbons (Fsp3) is 0.923. The standard InChI is InChI=1S/C13H25N3O/c14-7-8-16(12-3-1-2-4-12)10-13(17)15-9-11-5-6-11/h11-12H,1-10,14H2,(H,15,17). The highest BCUT2D eigenvalue weighted by Crippen LogP contribution is 2.27. The van der Waals surface area contributed by atoms with E-state index in [-0.39, 0.29) is 5.91 Å². The van der Waals surface area contributed by atoms with Crippen LogP contribution in [0.3, 0.4) is 0 Å². The molecule has 0 radical (unpaired) electrons. The van der Waals surface area contributed by atoms with Gasteiger partial charge in [0.2, 0.25) is 5.91 Å². The van der Waals surface area contributed by atoms with Crippen LogP contribution in [-0.2, 0) is 4.79 Å². The fourth-order valence-electron chi connectivity index (χ4n) is 2.65. The maximum Gasteiger partial charge on any atom is 0.234 e. The van der Waals surface area contributed by atoms with E-state index in [1.807, 2.05) is 0 Å². The Morgan fingerprint density at radius 3 is 2.53 bits per heavy atom. The van der Waals surface area contributed by atoms with E-state index >= 15 is 0 Å². The van der Waals surface area contributed by atoms with Crippen LogP contribution in [0.2, 0.25) is 0 Å². The second-order valence-corrected chi connectivity index (χ2v) is 5.44. The highest BCUT2D eigenvalue weighted by atomic mass is 16.2. The molecule has 0 aromatic carbocycles. The van der Waals surface area contributed by atoms with E-state index in [9.17, 15) is 4.79 Å². The Balaban J connectivity index is 1.72. The lowest BCUT2D eigenvalue weighted by Gasteiger charge is -2.27. The summed E-state index contributed by atoms with van der Waals surface area (Å²) in [7, 11) is 0. The van der Waals surface area contributed by atoms with Gasteiger partial charge in [-0.25, -0.2) is 0 Å². The summed E-state index contributed by atoms with van der Waals surface area (Å²) in [6.45, 7) is 2.91. The summed E-state index contributed by atoms with van der Waals surface area (Å²) in [5.41, 5.74) is 5.63. The lowest BCUT2D eigenvalue weighted by Crippen LogP contribution is -2.44. The molecule has 2 fully saturated rings. The number of nitrogens with one attached hydrogen (secondary N) is 1. The molecule has 0 saturated heterocycles. The van der Waals surface area contributed by atoms with Gasteiger partial charge in [0, 0.05) is 25.7 Å². The quantitative estimate of drug-likeness (QED) is 0.688. The van der Waals surface area contributed by atoms with Crippen molar-refractivity contribution in [2.75, 3.05) is 26.2 Å². The van der Waals surface area contributed by atoms with E-state index < -0.39 is 0 Å². The van der Waals surface area contributed by atoms with E-state index in [4.69, 9.17) is 5.73 Å². The summed E-state index contributed by atoms with van der Waals surface area (Å²) >= 11 is 0. The number of amides is 1. The summed E-state index contributed by atoms with van der Waals surface area (Å²) in [4.78, 5) is 14.1. The van der Waals surface area contributed by atoms with E-state index in [2.05, 4.69) is 10.2 Å². The van der Waals surface area contributed by atoms with Gasteiger partial charge >= 0.3 is 0 Å². The van der Waals surface area contributed by atoms with Gasteiger partial charge in [-0.3, -0.25) is 9.69 Å². The molecule has 3 N–H and O–H groups in total. The highest BCUT2D eigenvalue weighted by molar-refractivity contribution is 5.78. The predicted molar refractivity (Wildman–Crippen MR) is 68.6 cm³/mol. The molecule has 0 heterocycles. The number of rotatable bonds is 7. The molecule has 2 aliphatic carbocycles. The Labute approximate surface area is 104 Å². The lowest BCUT2D eigenvalue weighted by molar-refractivity contribution is -0.122. The zero-order chi connectivity index (χ0) is 12.1. The summed E-state index contributed by atoms with van der Waals surface area (Å²) in [5.74, 6) is 0.936. The van der Waals surface area contributed by atoms with Crippen LogP contribution in [0.25, 0.3) is 0 Å². The molecule has 4 nitrogen and oxygen atoms in total. The first kappa shape index (κ1) is 12.8. The van der Waals surface area contributed by atoms with E-state index in [1.165, 1.54) is 38.5 Å². The molecule has 17 heavy (non-hydrogen) atoms. The number of hydrogen-bond acceptors (Lipinski definition) is 3. The van der Waals surface area contributed by atoms with Crippen molar-refractivity contribution < 1.29 is 4.79 Å². The van der Waals surface area contributed by atoms with Gasteiger partial charge < -0.3 is 11.1 Å². The lowest BCUT2D eigenvalue weighted by atomic mass is 10.2. The van der Waals surface area contributed by atoms with Crippen molar-refractivity contribution in [2.24, 2.45) is 11.7 Å². The molecule has 98 valence electrons. The SMILES string of the molecule is NCCN(CC(=O)NCC1CC1)C1CCCC1. The van der Waals surface area contributed by atoms with Crippen molar-refractivity contribution in [3.8, 4) is 0 Å². The Morgan fingerprint density at radius 2 is 1.94 bits per heavy atom. The molecule has 4 heteroatoms. The Morgan fingerprint density at radius 1 is 1.24 bits per heavy atom. The molecule has 2 rings (SSSR count). The second kappa shape index (κ2) is 6.36. The number of carbonyl (C=O) groups excluding carboxylic acids is 1. The Kier molecular flexibility index (Phi) is 4.80. The molecule has 0 aliphatic heterocycles. The van der Waals surface area contributed by atoms with Crippen LogP contribution in [0.15, 0.2) is 0 Å². The third-order valence-corrected chi connectivity index (χ3v) is 3.89. The molecule has 2 aliphatic rings. The second-order valence-electron chi connectivity index (χ2n) is 5.44. The van der Waals surface area contributed by atoms with Gasteiger partial charge in [-0.1, -0.05) is 12.8 Å². The van der Waals surface area contributed by atoms with Gasteiger partial charge in [0.1, 0.15) is 0 Å². The molecule has 0 spiro atoms. The van der Waals surface area contributed by atoms with Gasteiger partial charge in [0.05, 0.1) is 6.54 Å². The molecule has 0 bridgehead atoms. The van der Waals surface area contributed by atoms with Gasteiger partial charge in [0.25, 0.3) is 0 Å². The van der Waals surface area contributed by atoms with Crippen LogP contribution in [0.1, 0.15) is 38.5 Å². The van der Waals surface area contributed by atoms with Gasteiger partial charge in [-0.15, -0.1) is 0 Å². The predicted octanol–water partition coefficient (Wildman–Crippen LogP) is 0.716. The topological polar surface area (TPSA) is 58.4 Å². The average molecular weight is 239 g/mol. The van der Waals surface area contributed by atoms with Gasteiger partial charge in [0.15, 0.2) is 0 Å². The van der Waals surface area contributed by atoms with Crippen LogP contribution in [-0.4, -0.2) is 43.0 Å². The van der Waals surface area contributed by atoms with Crippen molar-refractivity contribution in [3.05, 3.63) is 0 Å². The van der Waals surface area contributed by atoms with E-state index in [1.54, 1.807) is 0 Å². The monoisotopic (exact) mass is 239 g/mol. The minimum atomic E-state index is 0.178. The van der Waals surface area contributed by atoms with E-state index in [0.29, 0.717) is 19.1 Å².